The van der Waals surface area contributed by atoms with Gasteiger partial charge in [0, 0.05) is 35.4 Å². The van der Waals surface area contributed by atoms with Gasteiger partial charge < -0.3 is 5.32 Å². The minimum absolute atomic E-state index is 0.117. The number of amides is 1. The van der Waals surface area contributed by atoms with Crippen molar-refractivity contribution in [2.75, 3.05) is 11.9 Å². The molecule has 0 saturated heterocycles. The van der Waals surface area contributed by atoms with Crippen LogP contribution in [0, 0.1) is 5.82 Å². The lowest BCUT2D eigenvalue weighted by Gasteiger charge is -2.34. The lowest BCUT2D eigenvalue weighted by Crippen LogP contribution is -2.45. The number of rotatable bonds is 5. The third kappa shape index (κ3) is 4.78. The molecule has 0 bridgehead atoms. The summed E-state index contributed by atoms with van der Waals surface area (Å²) in [5.74, 6) is -0.573. The van der Waals surface area contributed by atoms with Gasteiger partial charge in [-0.05, 0) is 45.0 Å². The highest BCUT2D eigenvalue weighted by Crippen LogP contribution is 2.17. The number of carbonyl (C=O) groups is 1. The molecule has 0 atom stereocenters. The standard InChI is InChI=1S/C19H21FN4O2S/c1-19(2,3)23(12-16(25)21-14-6-4-13(20)5-7-14)11-15-10-17(26)24-8-9-27-18(24)22-15/h4-10H,11-12H2,1-3H3,(H,21,25). The van der Waals surface area contributed by atoms with Crippen LogP contribution >= 0.6 is 11.3 Å². The second kappa shape index (κ2) is 7.58. The van der Waals surface area contributed by atoms with Crippen LogP contribution in [0.4, 0.5) is 10.1 Å². The average Bonchev–Trinajstić information content (AvgIpc) is 3.04. The second-order valence-electron chi connectivity index (χ2n) is 7.22. The monoisotopic (exact) mass is 388 g/mol. The van der Waals surface area contributed by atoms with Gasteiger partial charge in [0.1, 0.15) is 5.82 Å². The Hall–Kier alpha value is -2.58. The zero-order valence-corrected chi connectivity index (χ0v) is 16.2. The molecule has 3 rings (SSSR count). The van der Waals surface area contributed by atoms with Crippen molar-refractivity contribution in [1.29, 1.82) is 0 Å². The lowest BCUT2D eigenvalue weighted by atomic mass is 10.1. The minimum Gasteiger partial charge on any atom is -0.325 e. The first-order chi connectivity index (χ1) is 12.7. The predicted octanol–water partition coefficient (Wildman–Crippen LogP) is 3.13. The van der Waals surface area contributed by atoms with Gasteiger partial charge in [-0.2, -0.15) is 0 Å². The van der Waals surface area contributed by atoms with E-state index in [1.54, 1.807) is 6.20 Å². The highest BCUT2D eigenvalue weighted by Gasteiger charge is 2.25. The zero-order valence-electron chi connectivity index (χ0n) is 15.4. The fourth-order valence-corrected chi connectivity index (χ4v) is 3.34. The van der Waals surface area contributed by atoms with Gasteiger partial charge >= 0.3 is 0 Å². The molecule has 3 aromatic rings. The summed E-state index contributed by atoms with van der Waals surface area (Å²) in [4.78, 5) is 31.7. The van der Waals surface area contributed by atoms with E-state index in [2.05, 4.69) is 10.3 Å². The van der Waals surface area contributed by atoms with Crippen LogP contribution in [0.5, 0.6) is 0 Å². The van der Waals surface area contributed by atoms with Crippen molar-refractivity contribution < 1.29 is 9.18 Å². The molecule has 0 unspecified atom stereocenters. The number of hydrogen-bond acceptors (Lipinski definition) is 5. The third-order valence-corrected chi connectivity index (χ3v) is 4.88. The Kier molecular flexibility index (Phi) is 5.38. The molecule has 0 saturated carbocycles. The maximum absolute atomic E-state index is 13.0. The van der Waals surface area contributed by atoms with E-state index in [1.165, 1.54) is 46.1 Å². The van der Waals surface area contributed by atoms with E-state index in [0.29, 0.717) is 22.9 Å². The Balaban J connectivity index is 1.76. The number of halogens is 1. The summed E-state index contributed by atoms with van der Waals surface area (Å²) in [7, 11) is 0. The van der Waals surface area contributed by atoms with Crippen molar-refractivity contribution in [3.8, 4) is 0 Å². The molecule has 2 aromatic heterocycles. The Morgan fingerprint density at radius 1 is 1.30 bits per heavy atom. The number of fused-ring (bicyclic) bond motifs is 1. The highest BCUT2D eigenvalue weighted by molar-refractivity contribution is 7.15. The molecule has 6 nitrogen and oxygen atoms in total. The fraction of sp³-hybridized carbons (Fsp3) is 0.316. The average molecular weight is 388 g/mol. The molecule has 0 aliphatic rings. The molecule has 1 N–H and O–H groups in total. The van der Waals surface area contributed by atoms with Gasteiger partial charge in [0.2, 0.25) is 5.91 Å². The molecule has 0 spiro atoms. The maximum atomic E-state index is 13.0. The van der Waals surface area contributed by atoms with Crippen LogP contribution in [0.2, 0.25) is 0 Å². The van der Waals surface area contributed by atoms with E-state index in [1.807, 2.05) is 31.1 Å². The van der Waals surface area contributed by atoms with Crippen molar-refractivity contribution >= 4 is 27.9 Å². The van der Waals surface area contributed by atoms with Gasteiger partial charge in [-0.15, -0.1) is 11.3 Å². The van der Waals surface area contributed by atoms with Crippen molar-refractivity contribution in [3.05, 3.63) is 63.8 Å². The van der Waals surface area contributed by atoms with Gasteiger partial charge in [0.15, 0.2) is 4.96 Å². The first kappa shape index (κ1) is 19.2. The van der Waals surface area contributed by atoms with E-state index in [0.717, 1.165) is 0 Å². The summed E-state index contributed by atoms with van der Waals surface area (Å²) in [6, 6.07) is 7.12. The third-order valence-electron chi connectivity index (χ3n) is 4.12. The first-order valence-electron chi connectivity index (χ1n) is 8.48. The maximum Gasteiger partial charge on any atom is 0.258 e. The topological polar surface area (TPSA) is 66.7 Å². The largest absolute Gasteiger partial charge is 0.325 e. The number of anilines is 1. The molecule has 142 valence electrons. The molecule has 0 aliphatic carbocycles. The smallest absolute Gasteiger partial charge is 0.258 e. The summed E-state index contributed by atoms with van der Waals surface area (Å²) in [6.45, 7) is 6.47. The van der Waals surface area contributed by atoms with Gasteiger partial charge in [-0.3, -0.25) is 18.9 Å². The number of aromatic nitrogens is 2. The number of hydrogen-bond donors (Lipinski definition) is 1. The minimum atomic E-state index is -0.356. The quantitative estimate of drug-likeness (QED) is 0.729. The van der Waals surface area contributed by atoms with Crippen molar-refractivity contribution in [2.24, 2.45) is 0 Å². The number of carbonyl (C=O) groups excluding carboxylic acids is 1. The van der Waals surface area contributed by atoms with Crippen LogP contribution in [0.25, 0.3) is 4.96 Å². The lowest BCUT2D eigenvalue weighted by molar-refractivity contribution is -0.118. The molecule has 1 amide bonds. The van der Waals surface area contributed by atoms with Crippen LogP contribution in [-0.2, 0) is 11.3 Å². The van der Waals surface area contributed by atoms with Crippen LogP contribution in [0.3, 0.4) is 0 Å². The molecule has 2 heterocycles. The zero-order chi connectivity index (χ0) is 19.6. The number of thiazole rings is 1. The first-order valence-corrected chi connectivity index (χ1v) is 9.36. The summed E-state index contributed by atoms with van der Waals surface area (Å²) in [5.41, 5.74) is 0.696. The van der Waals surface area contributed by atoms with Crippen LogP contribution in [0.1, 0.15) is 26.5 Å². The SMILES string of the molecule is CC(C)(C)N(CC(=O)Nc1ccc(F)cc1)Cc1cc(=O)n2ccsc2n1. The molecule has 1 aromatic carbocycles. The number of benzene rings is 1. The van der Waals surface area contributed by atoms with Crippen LogP contribution in [0.15, 0.2) is 46.7 Å². The number of nitrogens with one attached hydrogen (secondary N) is 1. The van der Waals surface area contributed by atoms with Crippen molar-refractivity contribution in [2.45, 2.75) is 32.9 Å². The van der Waals surface area contributed by atoms with E-state index >= 15 is 0 Å². The summed E-state index contributed by atoms with van der Waals surface area (Å²) < 4.78 is 14.5. The summed E-state index contributed by atoms with van der Waals surface area (Å²) >= 11 is 1.39. The van der Waals surface area contributed by atoms with Crippen LogP contribution < -0.4 is 10.9 Å². The Bertz CT molecular complexity index is 1000. The predicted molar refractivity (Wildman–Crippen MR) is 105 cm³/mol. The van der Waals surface area contributed by atoms with Gasteiger partial charge in [0.25, 0.3) is 5.56 Å². The summed E-state index contributed by atoms with van der Waals surface area (Å²) in [5, 5.41) is 4.57. The van der Waals surface area contributed by atoms with Gasteiger partial charge in [-0.25, -0.2) is 9.37 Å². The van der Waals surface area contributed by atoms with E-state index in [4.69, 9.17) is 0 Å². The van der Waals surface area contributed by atoms with Gasteiger partial charge in [0.05, 0.1) is 12.2 Å². The summed E-state index contributed by atoms with van der Waals surface area (Å²) in [6.07, 6.45) is 1.69. The normalized spacial score (nSPS) is 11.9. The van der Waals surface area contributed by atoms with Crippen molar-refractivity contribution in [1.82, 2.24) is 14.3 Å². The molecular weight excluding hydrogens is 367 g/mol. The second-order valence-corrected chi connectivity index (χ2v) is 8.10. The Morgan fingerprint density at radius 2 is 2.00 bits per heavy atom. The molecule has 0 fully saturated rings. The molecular formula is C19H21FN4O2S. The molecule has 27 heavy (non-hydrogen) atoms. The van der Waals surface area contributed by atoms with E-state index in [-0.39, 0.29) is 29.4 Å². The van der Waals surface area contributed by atoms with E-state index in [9.17, 15) is 14.0 Å². The van der Waals surface area contributed by atoms with E-state index < -0.39 is 0 Å². The van der Waals surface area contributed by atoms with Crippen molar-refractivity contribution in [3.63, 3.8) is 0 Å². The highest BCUT2D eigenvalue weighted by atomic mass is 32.1. The van der Waals surface area contributed by atoms with Gasteiger partial charge in [-0.1, -0.05) is 0 Å². The number of nitrogens with zero attached hydrogens (tertiary/aromatic N) is 3. The Morgan fingerprint density at radius 3 is 2.67 bits per heavy atom. The molecule has 8 heteroatoms. The molecule has 0 aliphatic heterocycles. The van der Waals surface area contributed by atoms with Crippen LogP contribution in [-0.4, -0.2) is 32.3 Å². The Labute approximate surface area is 160 Å². The molecule has 0 radical (unpaired) electrons. The fourth-order valence-electron chi connectivity index (χ4n) is 2.60.